The Kier molecular flexibility index (Phi) is 34.5. The molecule has 0 aliphatic rings. The fourth-order valence-electron chi connectivity index (χ4n) is 5.25. The average molecular weight is 621 g/mol. The number of esters is 2. The van der Waals surface area contributed by atoms with Crippen LogP contribution in [0, 0.1) is 0 Å². The van der Waals surface area contributed by atoms with Crippen molar-refractivity contribution in [3.8, 4) is 0 Å². The highest BCUT2D eigenvalue weighted by Crippen LogP contribution is 2.12. The van der Waals surface area contributed by atoms with Crippen molar-refractivity contribution in [3.05, 3.63) is 24.3 Å². The molecule has 0 aromatic heterocycles. The first-order chi connectivity index (χ1) is 21.6. The number of aliphatic hydroxyl groups is 1. The van der Waals surface area contributed by atoms with Gasteiger partial charge in [-0.3, -0.25) is 9.59 Å². The number of allylic oxidation sites excluding steroid dienone is 4. The third-order valence-corrected chi connectivity index (χ3v) is 8.16. The van der Waals surface area contributed by atoms with Gasteiger partial charge in [0.25, 0.3) is 0 Å². The lowest BCUT2D eigenvalue weighted by atomic mass is 10.1. The summed E-state index contributed by atoms with van der Waals surface area (Å²) >= 11 is 0. The van der Waals surface area contributed by atoms with Gasteiger partial charge in [-0.15, -0.1) is 0 Å². The smallest absolute Gasteiger partial charge is 0.305 e. The molecule has 0 atom stereocenters. The second-order valence-corrected chi connectivity index (χ2v) is 12.7. The molecular weight excluding hydrogens is 548 g/mol. The fraction of sp³-hybridized carbons (Fsp3) is 0.846. The van der Waals surface area contributed by atoms with E-state index in [4.69, 9.17) is 9.47 Å². The molecule has 0 saturated heterocycles. The first-order valence-electron chi connectivity index (χ1n) is 18.9. The van der Waals surface area contributed by atoms with Crippen LogP contribution < -0.4 is 0 Å². The molecule has 0 radical (unpaired) electrons. The number of carbonyl (C=O) groups excluding carboxylic acids is 2. The van der Waals surface area contributed by atoms with E-state index in [-0.39, 0.29) is 25.2 Å². The van der Waals surface area contributed by atoms with Gasteiger partial charge in [0.15, 0.2) is 0 Å². The summed E-state index contributed by atoms with van der Waals surface area (Å²) in [6, 6.07) is 0. The first-order valence-corrected chi connectivity index (χ1v) is 18.9. The third-order valence-electron chi connectivity index (χ3n) is 8.16. The van der Waals surface area contributed by atoms with Crippen LogP contribution in [-0.2, 0) is 19.1 Å². The van der Waals surface area contributed by atoms with Gasteiger partial charge >= 0.3 is 11.9 Å². The van der Waals surface area contributed by atoms with E-state index < -0.39 is 6.10 Å². The Hall–Kier alpha value is -1.62. The molecule has 258 valence electrons. The largest absolute Gasteiger partial charge is 0.463 e. The lowest BCUT2D eigenvalue weighted by Gasteiger charge is -2.12. The second-order valence-electron chi connectivity index (χ2n) is 12.7. The van der Waals surface area contributed by atoms with Crippen LogP contribution in [0.5, 0.6) is 0 Å². The molecular formula is C39H72O5. The van der Waals surface area contributed by atoms with Gasteiger partial charge in [0.2, 0.25) is 0 Å². The van der Waals surface area contributed by atoms with Crippen LogP contribution in [0.3, 0.4) is 0 Å². The van der Waals surface area contributed by atoms with Gasteiger partial charge in [-0.25, -0.2) is 0 Å². The van der Waals surface area contributed by atoms with E-state index in [9.17, 15) is 14.7 Å². The highest BCUT2D eigenvalue weighted by molar-refractivity contribution is 5.69. The quantitative estimate of drug-likeness (QED) is 0.0440. The SMILES string of the molecule is CCCCCCC/C=C/CCCCCCCCC(=O)OCC(O)COC(=O)CCCCCCCC/C=C/CCCCCCC. The molecule has 44 heavy (non-hydrogen) atoms. The minimum atomic E-state index is -0.965. The Bertz CT molecular complexity index is 615. The van der Waals surface area contributed by atoms with Crippen molar-refractivity contribution in [2.75, 3.05) is 13.2 Å². The van der Waals surface area contributed by atoms with Crippen LogP contribution in [-0.4, -0.2) is 36.4 Å². The van der Waals surface area contributed by atoms with Gasteiger partial charge in [0.1, 0.15) is 19.3 Å². The molecule has 0 aromatic rings. The molecule has 1 N–H and O–H groups in total. The molecule has 5 heteroatoms. The Balaban J connectivity index is 3.44. The van der Waals surface area contributed by atoms with E-state index in [1.54, 1.807) is 0 Å². The molecule has 0 bridgehead atoms. The Labute approximate surface area is 273 Å². The maximum absolute atomic E-state index is 11.9. The third kappa shape index (κ3) is 34.9. The van der Waals surface area contributed by atoms with Crippen molar-refractivity contribution in [2.45, 2.75) is 200 Å². The lowest BCUT2D eigenvalue weighted by Crippen LogP contribution is -2.25. The molecule has 0 spiro atoms. The molecule has 0 unspecified atom stereocenters. The molecule has 0 saturated carbocycles. The summed E-state index contributed by atoms with van der Waals surface area (Å²) in [6.45, 7) is 4.27. The Morgan fingerprint density at radius 3 is 1.05 bits per heavy atom. The molecule has 0 fully saturated rings. The predicted octanol–water partition coefficient (Wildman–Crippen LogP) is 11.5. The number of carbonyl (C=O) groups is 2. The van der Waals surface area contributed by atoms with Gasteiger partial charge in [-0.05, 0) is 64.2 Å². The zero-order valence-electron chi connectivity index (χ0n) is 29.2. The first kappa shape index (κ1) is 42.4. The second kappa shape index (κ2) is 35.9. The van der Waals surface area contributed by atoms with Gasteiger partial charge in [-0.2, -0.15) is 0 Å². The zero-order valence-corrected chi connectivity index (χ0v) is 29.2. The van der Waals surface area contributed by atoms with Gasteiger partial charge in [-0.1, -0.05) is 141 Å². The summed E-state index contributed by atoms with van der Waals surface area (Å²) in [7, 11) is 0. The monoisotopic (exact) mass is 621 g/mol. The highest BCUT2D eigenvalue weighted by Gasteiger charge is 2.12. The molecule has 0 aliphatic heterocycles. The van der Waals surface area contributed by atoms with Crippen LogP contribution in [0.4, 0.5) is 0 Å². The summed E-state index contributed by atoms with van der Waals surface area (Å²) in [5.41, 5.74) is 0. The summed E-state index contributed by atoms with van der Waals surface area (Å²) in [5, 5.41) is 9.99. The number of unbranched alkanes of at least 4 members (excludes halogenated alkanes) is 22. The molecule has 0 heterocycles. The predicted molar refractivity (Wildman–Crippen MR) is 187 cm³/mol. The van der Waals surface area contributed by atoms with Crippen LogP contribution in [0.15, 0.2) is 24.3 Å². The highest BCUT2D eigenvalue weighted by atomic mass is 16.6. The maximum Gasteiger partial charge on any atom is 0.305 e. The van der Waals surface area contributed by atoms with E-state index >= 15 is 0 Å². The van der Waals surface area contributed by atoms with E-state index in [1.807, 2.05) is 0 Å². The van der Waals surface area contributed by atoms with Crippen LogP contribution in [0.2, 0.25) is 0 Å². The molecule has 5 nitrogen and oxygen atoms in total. The van der Waals surface area contributed by atoms with Crippen LogP contribution in [0.25, 0.3) is 0 Å². The fourth-order valence-corrected chi connectivity index (χ4v) is 5.25. The normalized spacial score (nSPS) is 11.7. The summed E-state index contributed by atoms with van der Waals surface area (Å²) < 4.78 is 10.3. The maximum atomic E-state index is 11.9. The average Bonchev–Trinajstić information content (AvgIpc) is 3.02. The van der Waals surface area contributed by atoms with E-state index in [0.29, 0.717) is 12.8 Å². The van der Waals surface area contributed by atoms with Crippen molar-refractivity contribution in [2.24, 2.45) is 0 Å². The molecule has 0 aromatic carbocycles. The number of ether oxygens (including phenoxy) is 2. The van der Waals surface area contributed by atoms with Crippen molar-refractivity contribution in [1.82, 2.24) is 0 Å². The number of aliphatic hydroxyl groups excluding tert-OH is 1. The summed E-state index contributed by atoms with van der Waals surface area (Å²) in [4.78, 5) is 23.9. The molecule has 0 aliphatic carbocycles. The van der Waals surface area contributed by atoms with Crippen LogP contribution >= 0.6 is 0 Å². The van der Waals surface area contributed by atoms with Crippen molar-refractivity contribution in [3.63, 3.8) is 0 Å². The van der Waals surface area contributed by atoms with E-state index in [2.05, 4.69) is 38.2 Å². The topological polar surface area (TPSA) is 72.8 Å². The zero-order chi connectivity index (χ0) is 32.2. The summed E-state index contributed by atoms with van der Waals surface area (Å²) in [6.07, 6.45) is 40.8. The molecule has 0 rings (SSSR count). The van der Waals surface area contributed by atoms with E-state index in [0.717, 1.165) is 38.5 Å². The minimum absolute atomic E-state index is 0.119. The lowest BCUT2D eigenvalue weighted by molar-refractivity contribution is -0.152. The Morgan fingerprint density at radius 1 is 0.455 bits per heavy atom. The van der Waals surface area contributed by atoms with Gasteiger partial charge < -0.3 is 14.6 Å². The van der Waals surface area contributed by atoms with Gasteiger partial charge in [0.05, 0.1) is 0 Å². The number of rotatable bonds is 34. The standard InChI is InChI=1S/C39H72O5/c1-3-5-7-9-11-13-15-17-19-21-23-25-27-29-31-33-38(41)43-35-37(40)36-44-39(42)34-32-30-28-26-24-22-20-18-16-14-12-10-8-6-4-2/h15-18,37,40H,3-14,19-36H2,1-2H3/b17-15+,18-16+. The van der Waals surface area contributed by atoms with Crippen molar-refractivity contribution < 1.29 is 24.2 Å². The van der Waals surface area contributed by atoms with Crippen molar-refractivity contribution in [1.29, 1.82) is 0 Å². The Morgan fingerprint density at radius 2 is 0.727 bits per heavy atom. The van der Waals surface area contributed by atoms with Crippen molar-refractivity contribution >= 4 is 11.9 Å². The van der Waals surface area contributed by atoms with E-state index in [1.165, 1.54) is 128 Å². The van der Waals surface area contributed by atoms with Crippen LogP contribution in [0.1, 0.15) is 194 Å². The minimum Gasteiger partial charge on any atom is -0.463 e. The molecule has 0 amide bonds. The summed E-state index contributed by atoms with van der Waals surface area (Å²) in [5.74, 6) is -0.576. The van der Waals surface area contributed by atoms with Gasteiger partial charge in [0, 0.05) is 12.8 Å². The number of hydrogen-bond acceptors (Lipinski definition) is 5. The number of hydrogen-bond donors (Lipinski definition) is 1.